The van der Waals surface area contributed by atoms with Gasteiger partial charge in [0.25, 0.3) is 0 Å². The molecule has 0 aromatic rings. The van der Waals surface area contributed by atoms with Gasteiger partial charge in [0.1, 0.15) is 6.23 Å². The maximum atomic E-state index is 9.94. The highest BCUT2D eigenvalue weighted by Gasteiger charge is 2.33. The van der Waals surface area contributed by atoms with Gasteiger partial charge in [-0.15, -0.1) is 0 Å². The van der Waals surface area contributed by atoms with Crippen molar-refractivity contribution in [1.29, 1.82) is 0 Å². The van der Waals surface area contributed by atoms with Crippen LogP contribution < -0.4 is 5.32 Å². The van der Waals surface area contributed by atoms with Crippen molar-refractivity contribution in [3.8, 4) is 0 Å². The van der Waals surface area contributed by atoms with Gasteiger partial charge in [-0.25, -0.2) is 0 Å². The fraction of sp³-hybridized carbons (Fsp3) is 1.00. The van der Waals surface area contributed by atoms with E-state index < -0.39 is 6.23 Å². The van der Waals surface area contributed by atoms with Crippen LogP contribution in [0.15, 0.2) is 0 Å². The summed E-state index contributed by atoms with van der Waals surface area (Å²) in [4.78, 5) is 0. The lowest BCUT2D eigenvalue weighted by Gasteiger charge is -2.38. The van der Waals surface area contributed by atoms with Crippen LogP contribution in [0.5, 0.6) is 0 Å². The van der Waals surface area contributed by atoms with Crippen LogP contribution in [-0.2, 0) is 0 Å². The van der Waals surface area contributed by atoms with Gasteiger partial charge in [0, 0.05) is 5.92 Å². The highest BCUT2D eigenvalue weighted by Crippen LogP contribution is 2.37. The van der Waals surface area contributed by atoms with Gasteiger partial charge >= 0.3 is 0 Å². The maximum absolute atomic E-state index is 9.94. The lowest BCUT2D eigenvalue weighted by Crippen LogP contribution is -2.44. The third-order valence-corrected chi connectivity index (χ3v) is 2.63. The zero-order valence-electron chi connectivity index (χ0n) is 11.0. The van der Waals surface area contributed by atoms with Crippen molar-refractivity contribution in [2.24, 2.45) is 16.7 Å². The summed E-state index contributed by atoms with van der Waals surface area (Å²) in [5.41, 5.74) is 0.199. The molecule has 0 aromatic carbocycles. The van der Waals surface area contributed by atoms with E-state index in [1.54, 1.807) is 0 Å². The van der Waals surface area contributed by atoms with E-state index in [0.29, 0.717) is 0 Å². The first-order valence-electron chi connectivity index (χ1n) is 5.60. The molecular formula is C12H27NO2. The molecular weight excluding hydrogens is 190 g/mol. The molecule has 0 saturated carbocycles. The summed E-state index contributed by atoms with van der Waals surface area (Å²) in [6.07, 6.45) is 0.277. The monoisotopic (exact) mass is 217 g/mol. The predicted molar refractivity (Wildman–Crippen MR) is 63.2 cm³/mol. The molecule has 0 heterocycles. The molecule has 3 heteroatoms. The second-order valence-electron chi connectivity index (χ2n) is 6.54. The molecule has 0 spiro atoms. The Morgan fingerprint density at radius 2 is 1.53 bits per heavy atom. The van der Waals surface area contributed by atoms with E-state index in [2.05, 4.69) is 46.9 Å². The summed E-state index contributed by atoms with van der Waals surface area (Å²) in [7, 11) is 0. The van der Waals surface area contributed by atoms with Crippen LogP contribution >= 0.6 is 0 Å². The summed E-state index contributed by atoms with van der Waals surface area (Å²) in [5.74, 6) is 0.129. The van der Waals surface area contributed by atoms with Crippen LogP contribution in [0.2, 0.25) is 0 Å². The number of hydrogen-bond donors (Lipinski definition) is 3. The molecule has 15 heavy (non-hydrogen) atoms. The van der Waals surface area contributed by atoms with Crippen molar-refractivity contribution in [3.05, 3.63) is 0 Å². The molecule has 0 rings (SSSR count). The molecule has 0 aromatic heterocycles. The van der Waals surface area contributed by atoms with Crippen molar-refractivity contribution >= 4 is 0 Å². The van der Waals surface area contributed by atoms with Gasteiger partial charge in [-0.2, -0.15) is 0 Å². The molecule has 0 bridgehead atoms. The zero-order chi connectivity index (χ0) is 12.3. The minimum absolute atomic E-state index is 0.0227. The first-order valence-corrected chi connectivity index (χ1v) is 5.60. The minimum Gasteiger partial charge on any atom is -0.381 e. The van der Waals surface area contributed by atoms with Gasteiger partial charge in [-0.3, -0.25) is 5.32 Å². The van der Waals surface area contributed by atoms with E-state index in [-0.39, 0.29) is 23.5 Å². The Balaban J connectivity index is 4.60. The van der Waals surface area contributed by atoms with Gasteiger partial charge in [0.05, 0.1) is 6.73 Å². The van der Waals surface area contributed by atoms with E-state index in [4.69, 9.17) is 5.11 Å². The lowest BCUT2D eigenvalue weighted by atomic mass is 9.71. The fourth-order valence-corrected chi connectivity index (χ4v) is 1.79. The number of rotatable bonds is 4. The zero-order valence-corrected chi connectivity index (χ0v) is 11.0. The summed E-state index contributed by atoms with van der Waals surface area (Å²) >= 11 is 0. The highest BCUT2D eigenvalue weighted by atomic mass is 16.3. The van der Waals surface area contributed by atoms with Crippen molar-refractivity contribution in [1.82, 2.24) is 5.32 Å². The average molecular weight is 217 g/mol. The topological polar surface area (TPSA) is 52.5 Å². The van der Waals surface area contributed by atoms with E-state index in [0.717, 1.165) is 6.42 Å². The van der Waals surface area contributed by atoms with Crippen LogP contribution in [0.1, 0.15) is 48.0 Å². The largest absolute Gasteiger partial charge is 0.381 e. The molecule has 0 aliphatic carbocycles. The number of hydrogen-bond acceptors (Lipinski definition) is 3. The van der Waals surface area contributed by atoms with Crippen LogP contribution in [0.25, 0.3) is 0 Å². The molecule has 2 unspecified atom stereocenters. The second-order valence-corrected chi connectivity index (χ2v) is 6.54. The Hall–Kier alpha value is -0.120. The molecule has 3 nitrogen and oxygen atoms in total. The number of aliphatic hydroxyl groups is 2. The SMILES string of the molecule is CC(C)(C)CC(C(O)NCO)C(C)(C)C. The van der Waals surface area contributed by atoms with Gasteiger partial charge in [0.2, 0.25) is 0 Å². The van der Waals surface area contributed by atoms with Crippen LogP contribution in [-0.4, -0.2) is 23.2 Å². The van der Waals surface area contributed by atoms with Crippen molar-refractivity contribution < 1.29 is 10.2 Å². The van der Waals surface area contributed by atoms with Gasteiger partial charge in [0.15, 0.2) is 0 Å². The molecule has 0 aliphatic heterocycles. The van der Waals surface area contributed by atoms with Crippen molar-refractivity contribution in [3.63, 3.8) is 0 Å². The van der Waals surface area contributed by atoms with E-state index in [1.807, 2.05) is 0 Å². The molecule has 0 aliphatic rings. The Kier molecular flexibility index (Phi) is 5.24. The van der Waals surface area contributed by atoms with Gasteiger partial charge in [-0.05, 0) is 17.3 Å². The third kappa shape index (κ3) is 6.13. The molecule has 92 valence electrons. The smallest absolute Gasteiger partial charge is 0.110 e. The molecule has 3 N–H and O–H groups in total. The summed E-state index contributed by atoms with van der Waals surface area (Å²) < 4.78 is 0. The number of nitrogens with one attached hydrogen (secondary N) is 1. The predicted octanol–water partition coefficient (Wildman–Crippen LogP) is 1.94. The first kappa shape index (κ1) is 14.9. The second kappa shape index (κ2) is 5.28. The van der Waals surface area contributed by atoms with Gasteiger partial charge in [-0.1, -0.05) is 41.5 Å². The maximum Gasteiger partial charge on any atom is 0.110 e. The van der Waals surface area contributed by atoms with Gasteiger partial charge < -0.3 is 10.2 Å². The molecule has 0 radical (unpaired) electrons. The Labute approximate surface area is 93.9 Å². The first-order chi connectivity index (χ1) is 6.58. The summed E-state index contributed by atoms with van der Waals surface area (Å²) in [5, 5.41) is 21.4. The minimum atomic E-state index is -0.644. The van der Waals surface area contributed by atoms with E-state index in [1.165, 1.54) is 0 Å². The van der Waals surface area contributed by atoms with Crippen molar-refractivity contribution in [2.45, 2.75) is 54.2 Å². The van der Waals surface area contributed by atoms with E-state index >= 15 is 0 Å². The molecule has 0 saturated heterocycles. The summed E-state index contributed by atoms with van der Waals surface area (Å²) in [6, 6.07) is 0. The van der Waals surface area contributed by atoms with Crippen LogP contribution in [0.4, 0.5) is 0 Å². The average Bonchev–Trinajstić information content (AvgIpc) is 1.97. The fourth-order valence-electron chi connectivity index (χ4n) is 1.79. The van der Waals surface area contributed by atoms with Crippen molar-refractivity contribution in [2.75, 3.05) is 6.73 Å². The highest BCUT2D eigenvalue weighted by molar-refractivity contribution is 4.82. The summed E-state index contributed by atoms with van der Waals surface area (Å²) in [6.45, 7) is 12.7. The standard InChI is InChI=1S/C12H27NO2/c1-11(2,3)7-9(12(4,5)6)10(15)13-8-14/h9-10,13-15H,7-8H2,1-6H3. The quantitative estimate of drug-likeness (QED) is 0.631. The third-order valence-electron chi connectivity index (χ3n) is 2.63. The molecule has 2 atom stereocenters. The normalized spacial score (nSPS) is 17.6. The number of aliphatic hydroxyl groups excluding tert-OH is 2. The molecule has 0 fully saturated rings. The lowest BCUT2D eigenvalue weighted by molar-refractivity contribution is -0.0179. The Morgan fingerprint density at radius 1 is 1.07 bits per heavy atom. The van der Waals surface area contributed by atoms with Crippen LogP contribution in [0, 0.1) is 16.7 Å². The Morgan fingerprint density at radius 3 is 1.80 bits per heavy atom. The van der Waals surface area contributed by atoms with Crippen LogP contribution in [0.3, 0.4) is 0 Å². The molecule has 0 amide bonds. The van der Waals surface area contributed by atoms with E-state index in [9.17, 15) is 5.11 Å². The Bertz CT molecular complexity index is 179.